The van der Waals surface area contributed by atoms with E-state index in [0.717, 1.165) is 33.1 Å². The van der Waals surface area contributed by atoms with Crippen LogP contribution in [0.15, 0.2) is 316 Å². The zero-order valence-corrected chi connectivity index (χ0v) is 69.0. The molecule has 17 aromatic rings. The van der Waals surface area contributed by atoms with E-state index in [9.17, 15) is 9.59 Å². The van der Waals surface area contributed by atoms with Crippen LogP contribution in [-0.2, 0) is 26.1 Å². The summed E-state index contributed by atoms with van der Waals surface area (Å²) >= 11 is 0. The number of hydrogen-bond acceptors (Lipinski definition) is 8. The molecule has 0 fully saturated rings. The molecular formula is C102H100B2N6NiO2. The van der Waals surface area contributed by atoms with Gasteiger partial charge in [0.05, 0.1) is 33.1 Å². The first-order chi connectivity index (χ1) is 54.1. The van der Waals surface area contributed by atoms with Gasteiger partial charge >= 0.3 is 16.5 Å². The first-order valence-corrected chi connectivity index (χ1v) is 38.6. The predicted octanol–water partition coefficient (Wildman–Crippen LogP) is 19.4. The minimum atomic E-state index is -1.22. The number of carbonyl (C=O) groups is 2. The third-order valence-corrected chi connectivity index (χ3v) is 22.1. The van der Waals surface area contributed by atoms with Crippen LogP contribution in [0.1, 0.15) is 94.5 Å². The van der Waals surface area contributed by atoms with Gasteiger partial charge in [-0.3, -0.25) is 29.9 Å². The van der Waals surface area contributed by atoms with Gasteiger partial charge in [0.1, 0.15) is 23.9 Å². The van der Waals surface area contributed by atoms with Crippen molar-refractivity contribution < 1.29 is 26.1 Å². The number of fused-ring (bicyclic) bond motifs is 9. The first-order valence-electron chi connectivity index (χ1n) is 38.6. The molecule has 113 heavy (non-hydrogen) atoms. The molecule has 6 heterocycles. The molecule has 0 saturated heterocycles. The number of aryl methyl sites for hydroxylation is 12. The Morgan fingerprint density at radius 1 is 0.195 bits per heavy atom. The molecule has 0 amide bonds. The zero-order chi connectivity index (χ0) is 79.6. The molecule has 0 spiro atoms. The number of nitrogens with zero attached hydrogens (tertiary/aromatic N) is 6. The van der Waals surface area contributed by atoms with Crippen LogP contribution in [0.25, 0.3) is 65.4 Å². The maximum absolute atomic E-state index is 9.44. The Hall–Kier alpha value is -12.2. The fourth-order valence-electron chi connectivity index (χ4n) is 15.4. The molecule has 17 rings (SSSR count). The van der Waals surface area contributed by atoms with Crippen molar-refractivity contribution >= 4 is 133 Å². The molecule has 6 aromatic heterocycles. The quantitative estimate of drug-likeness (QED) is 0.109. The average Bonchev–Trinajstić information content (AvgIpc) is 0.738. The number of aromatic nitrogens is 6. The third-order valence-electron chi connectivity index (χ3n) is 22.1. The van der Waals surface area contributed by atoms with Crippen molar-refractivity contribution in [2.24, 2.45) is 0 Å². The van der Waals surface area contributed by atoms with E-state index in [-0.39, 0.29) is 28.1 Å². The predicted molar refractivity (Wildman–Crippen MR) is 481 cm³/mol. The maximum atomic E-state index is 9.44. The summed E-state index contributed by atoms with van der Waals surface area (Å²) in [7, 11) is 0. The number of Topliss-reactive ketones (excluding diaryl/α,β-unsaturated/α-hetero) is 2. The topological polar surface area (TPSA) is 111 Å². The minimum Gasteiger partial charge on any atom is -0.300 e. The van der Waals surface area contributed by atoms with Gasteiger partial charge in [-0.2, -0.15) is 43.7 Å². The molecule has 0 radical (unpaired) electrons. The molecule has 0 aliphatic heterocycles. The number of hydrogen-bond donors (Lipinski definition) is 0. The second kappa shape index (κ2) is 38.2. The Morgan fingerprint density at radius 3 is 0.407 bits per heavy atom. The number of rotatable bonds is 8. The molecule has 0 unspecified atom stereocenters. The van der Waals surface area contributed by atoms with E-state index in [1.165, 1.54) is 170 Å². The molecule has 0 N–H and O–H groups in total. The van der Waals surface area contributed by atoms with E-state index >= 15 is 0 Å². The summed E-state index contributed by atoms with van der Waals surface area (Å²) in [6.07, 6.45) is 9.20. The SMILES string of the molecule is CC(C)=O.CC(C)=O.Cc1cnc2c(ccc3c(C)c(C)cnc32)c1C.Cc1cnc2c(ccc3c(C)c(C)cnc32)c1C.Cc1cnc2c(ccc3c(C)c(C)cnc32)c1C.[Ni+2].c1ccc([B-](c2ccccc2)(c2ccccc2)c2ccccc2)cc1.c1ccc([B-](c2ccccc2)(c2ccccc2)c2ccccc2)cc1. The molecule has 0 aliphatic carbocycles. The van der Waals surface area contributed by atoms with E-state index in [2.05, 4.69) is 392 Å². The van der Waals surface area contributed by atoms with Crippen molar-refractivity contribution in [3.05, 3.63) is 383 Å². The summed E-state index contributed by atoms with van der Waals surface area (Å²) in [4.78, 5) is 46.4. The zero-order valence-electron chi connectivity index (χ0n) is 68.0. The molecule has 566 valence electrons. The fourth-order valence-corrected chi connectivity index (χ4v) is 15.4. The standard InChI is InChI=1S/2C24H20B.3C16H16N2.2C3H6O.Ni/c2*1-5-13-21(14-6-1)25(22-15-7-2-8-16-22,23-17-9-3-10-18-23)24-19-11-4-12-20-24;3*1-9-7-17-15-13(11(9)3)5-6-14-12(4)10(2)8-18-16(14)15;2*1-3(2)4;/h2*1-20H;3*5-8H,1-4H3;2*1-2H3;/q2*-1;;;;;;+2. The summed E-state index contributed by atoms with van der Waals surface area (Å²) in [5.74, 6) is 0.333. The molecule has 0 saturated carbocycles. The van der Waals surface area contributed by atoms with Crippen LogP contribution in [0.5, 0.6) is 0 Å². The van der Waals surface area contributed by atoms with Crippen molar-refractivity contribution in [2.75, 3.05) is 0 Å². The van der Waals surface area contributed by atoms with Gasteiger partial charge in [-0.25, -0.2) is 0 Å². The Kier molecular flexibility index (Phi) is 28.2. The van der Waals surface area contributed by atoms with E-state index in [4.69, 9.17) is 0 Å². The number of benzene rings is 11. The van der Waals surface area contributed by atoms with Crippen molar-refractivity contribution in [3.8, 4) is 0 Å². The Morgan fingerprint density at radius 2 is 0.301 bits per heavy atom. The van der Waals surface area contributed by atoms with Gasteiger partial charge in [-0.15, -0.1) is 0 Å². The number of ketones is 2. The smallest absolute Gasteiger partial charge is 0.300 e. The van der Waals surface area contributed by atoms with Crippen LogP contribution in [-0.4, -0.2) is 53.8 Å². The van der Waals surface area contributed by atoms with Crippen molar-refractivity contribution in [2.45, 2.75) is 111 Å². The van der Waals surface area contributed by atoms with Crippen LogP contribution in [0.3, 0.4) is 0 Å². The molecule has 8 nitrogen and oxygen atoms in total. The second-order valence-corrected chi connectivity index (χ2v) is 29.8. The number of carbonyl (C=O) groups excluding carboxylic acids is 2. The van der Waals surface area contributed by atoms with Gasteiger partial charge in [0.15, 0.2) is 0 Å². The van der Waals surface area contributed by atoms with Crippen LogP contribution in [0.2, 0.25) is 0 Å². The van der Waals surface area contributed by atoms with E-state index in [0.29, 0.717) is 0 Å². The number of pyridine rings is 6. The van der Waals surface area contributed by atoms with E-state index in [1.54, 1.807) is 0 Å². The molecule has 11 aromatic carbocycles. The van der Waals surface area contributed by atoms with Gasteiger partial charge in [0, 0.05) is 69.5 Å². The third kappa shape index (κ3) is 18.3. The Labute approximate surface area is 678 Å². The van der Waals surface area contributed by atoms with Crippen molar-refractivity contribution in [1.82, 2.24) is 29.9 Å². The van der Waals surface area contributed by atoms with E-state index < -0.39 is 12.3 Å². The fraction of sp³-hybridized carbons (Fsp3) is 0.157. The molecular weight excluding hydrogens is 1420 g/mol. The molecule has 0 aliphatic rings. The first kappa shape index (κ1) is 83.3. The molecule has 11 heteroatoms. The average molecular weight is 1520 g/mol. The maximum Gasteiger partial charge on any atom is 2.00 e. The Balaban J connectivity index is 0.000000147. The van der Waals surface area contributed by atoms with Crippen molar-refractivity contribution in [1.29, 1.82) is 0 Å². The summed E-state index contributed by atoms with van der Waals surface area (Å²) in [5.41, 5.74) is 31.9. The van der Waals surface area contributed by atoms with Gasteiger partial charge in [-0.1, -0.05) is 279 Å². The normalized spacial score (nSPS) is 10.8. The van der Waals surface area contributed by atoms with Crippen LogP contribution < -0.4 is 43.7 Å². The minimum absolute atomic E-state index is 0. The summed E-state index contributed by atoms with van der Waals surface area (Å²) in [6, 6.07) is 100. The second-order valence-electron chi connectivity index (χ2n) is 29.8. The molecule has 0 bridgehead atoms. The monoisotopic (exact) mass is 1520 g/mol. The Bertz CT molecular complexity index is 5070. The van der Waals surface area contributed by atoms with Crippen LogP contribution in [0, 0.1) is 83.1 Å². The summed E-state index contributed by atoms with van der Waals surface area (Å²) < 4.78 is 0. The van der Waals surface area contributed by atoms with Gasteiger partial charge in [0.25, 0.3) is 0 Å². The largest absolute Gasteiger partial charge is 2.00 e. The van der Waals surface area contributed by atoms with Crippen LogP contribution >= 0.6 is 0 Å². The summed E-state index contributed by atoms with van der Waals surface area (Å²) in [6.45, 7) is 31.6. The van der Waals surface area contributed by atoms with Gasteiger partial charge < -0.3 is 9.59 Å². The van der Waals surface area contributed by atoms with Gasteiger partial charge in [-0.05, 0) is 178 Å². The van der Waals surface area contributed by atoms with Gasteiger partial charge in [0.2, 0.25) is 0 Å². The molecule has 0 atom stereocenters. The summed E-state index contributed by atoms with van der Waals surface area (Å²) in [5, 5.41) is 7.24. The van der Waals surface area contributed by atoms with Crippen LogP contribution in [0.4, 0.5) is 0 Å². The van der Waals surface area contributed by atoms with E-state index in [1.807, 2.05) is 37.2 Å². The van der Waals surface area contributed by atoms with Crippen molar-refractivity contribution in [3.63, 3.8) is 0 Å².